The van der Waals surface area contributed by atoms with Crippen molar-refractivity contribution in [3.8, 4) is 0 Å². The molecule has 0 radical (unpaired) electrons. The molecule has 14 atom stereocenters. The summed E-state index contributed by atoms with van der Waals surface area (Å²) in [5.41, 5.74) is 29.8. The maximum absolute atomic E-state index is 11.0. The van der Waals surface area contributed by atoms with Crippen molar-refractivity contribution in [2.75, 3.05) is 13.2 Å². The molecule has 2 saturated heterocycles. The quantitative estimate of drug-likeness (QED) is 0.133. The molecule has 0 spiro atoms. The van der Waals surface area contributed by atoms with E-state index in [9.17, 15) is 25.5 Å². The molecule has 3 fully saturated rings. The van der Waals surface area contributed by atoms with Crippen LogP contribution >= 0.6 is 0 Å². The van der Waals surface area contributed by atoms with Crippen LogP contribution in [0.4, 0.5) is 0 Å². The van der Waals surface area contributed by atoms with E-state index in [1.165, 1.54) is 0 Å². The normalized spacial score (nSPS) is 47.1. The highest BCUT2D eigenvalue weighted by Crippen LogP contribution is 2.30. The number of nitrogens with two attached hydrogens (primary N) is 5. The maximum atomic E-state index is 11.0. The highest BCUT2D eigenvalue weighted by molar-refractivity contribution is 7.79. The second-order valence-electron chi connectivity index (χ2n) is 9.23. The molecule has 1 aliphatic carbocycles. The fourth-order valence-corrected chi connectivity index (χ4v) is 4.43. The van der Waals surface area contributed by atoms with E-state index in [-0.39, 0.29) is 19.4 Å². The molecule has 220 valence electrons. The maximum Gasteiger partial charge on any atom is 0.394 e. The van der Waals surface area contributed by atoms with E-state index in [1.54, 1.807) is 0 Å². The standard InChI is InChI=1S/C18H37N5O9.H2O4S/c19-3-9-8(25)2-7(22)17(29-9)31-15-5(20)1-6(21)16(14(15)28)32-18-13(27)11(23)12(26)10(4-24)30-18;1-5(2,3)4/h5-18,24-28H,1-4,19-23H2;(H2,1,2,3,4)/t5-,6+,7+,8?,9+,10+,11-,12+,13+,14-,15+,16-,17+,18+;/m0./s1. The van der Waals surface area contributed by atoms with Crippen LogP contribution in [0.1, 0.15) is 12.8 Å². The van der Waals surface area contributed by atoms with Gasteiger partial charge in [-0.2, -0.15) is 8.42 Å². The Balaban J connectivity index is 0.000000877. The van der Waals surface area contributed by atoms with E-state index in [0.717, 1.165) is 0 Å². The Morgan fingerprint density at radius 1 is 0.757 bits per heavy atom. The van der Waals surface area contributed by atoms with E-state index < -0.39 is 103 Å². The van der Waals surface area contributed by atoms with Gasteiger partial charge in [0.15, 0.2) is 12.6 Å². The van der Waals surface area contributed by atoms with Crippen LogP contribution in [-0.2, 0) is 29.3 Å². The van der Waals surface area contributed by atoms with Crippen molar-refractivity contribution in [2.45, 2.75) is 98.4 Å². The van der Waals surface area contributed by atoms with E-state index in [0.29, 0.717) is 0 Å². The lowest BCUT2D eigenvalue weighted by atomic mass is 9.84. The molecule has 0 bridgehead atoms. The third kappa shape index (κ3) is 8.65. The zero-order valence-corrected chi connectivity index (χ0v) is 20.6. The van der Waals surface area contributed by atoms with Crippen molar-refractivity contribution in [2.24, 2.45) is 28.7 Å². The summed E-state index contributed by atoms with van der Waals surface area (Å²) in [7, 11) is -4.67. The molecular weight excluding hydrogens is 526 g/mol. The minimum absolute atomic E-state index is 0.0542. The minimum atomic E-state index is -4.67. The van der Waals surface area contributed by atoms with Gasteiger partial charge in [0.1, 0.15) is 36.6 Å². The van der Waals surface area contributed by atoms with Gasteiger partial charge < -0.3 is 73.1 Å². The smallest absolute Gasteiger partial charge is 0.394 e. The Kier molecular flexibility index (Phi) is 11.9. The van der Waals surface area contributed by atoms with E-state index in [4.69, 9.17) is 65.1 Å². The number of ether oxygens (including phenoxy) is 4. The lowest BCUT2D eigenvalue weighted by molar-refractivity contribution is -0.314. The third-order valence-electron chi connectivity index (χ3n) is 6.41. The molecule has 3 aliphatic rings. The summed E-state index contributed by atoms with van der Waals surface area (Å²) in [6.07, 6.45) is -10.8. The van der Waals surface area contributed by atoms with E-state index in [2.05, 4.69) is 0 Å². The van der Waals surface area contributed by atoms with Crippen LogP contribution in [-0.4, -0.2) is 142 Å². The van der Waals surface area contributed by atoms with Crippen molar-refractivity contribution >= 4 is 10.4 Å². The highest BCUT2D eigenvalue weighted by Gasteiger charge is 2.50. The predicted molar refractivity (Wildman–Crippen MR) is 123 cm³/mol. The molecule has 17 N–H and O–H groups in total. The van der Waals surface area contributed by atoms with E-state index in [1.807, 2.05) is 0 Å². The van der Waals surface area contributed by atoms with Gasteiger partial charge in [0, 0.05) is 18.6 Å². The Hall–Kier alpha value is -0.690. The average Bonchev–Trinajstić information content (AvgIpc) is 2.79. The van der Waals surface area contributed by atoms with Crippen molar-refractivity contribution in [3.05, 3.63) is 0 Å². The van der Waals surface area contributed by atoms with Crippen LogP contribution in [0, 0.1) is 0 Å². The van der Waals surface area contributed by atoms with E-state index >= 15 is 0 Å². The fraction of sp³-hybridized carbons (Fsp3) is 1.00. The molecule has 1 unspecified atom stereocenters. The van der Waals surface area contributed by atoms with Gasteiger partial charge >= 0.3 is 10.4 Å². The van der Waals surface area contributed by atoms with Crippen LogP contribution in [0.2, 0.25) is 0 Å². The molecule has 19 heteroatoms. The zero-order valence-electron chi connectivity index (χ0n) is 19.8. The summed E-state index contributed by atoms with van der Waals surface area (Å²) < 4.78 is 54.3. The second kappa shape index (κ2) is 13.6. The molecule has 0 amide bonds. The monoisotopic (exact) mass is 565 g/mol. The SMILES string of the molecule is NC[C@H]1O[C@H](O[C@H]2[C@H](O)[C@@H](O[C@H]3O[C@H](CO)[C@@H](O)[C@H](N)[C@H]3O)[C@H](N)C[C@@H]2N)[C@H](N)CC1O.O=S(=O)(O)O. The minimum Gasteiger partial charge on any atom is -0.394 e. The van der Waals surface area contributed by atoms with Crippen molar-refractivity contribution < 1.29 is 62.0 Å². The Labute approximate surface area is 213 Å². The van der Waals surface area contributed by atoms with Gasteiger partial charge in [0.25, 0.3) is 0 Å². The van der Waals surface area contributed by atoms with Gasteiger partial charge in [0.2, 0.25) is 0 Å². The molecule has 3 rings (SSSR count). The summed E-state index contributed by atoms with van der Waals surface area (Å²) in [6, 6.07) is -3.27. The molecular formula is C18H39N5O13S. The van der Waals surface area contributed by atoms with Crippen LogP contribution in [0.3, 0.4) is 0 Å². The molecule has 2 aliphatic heterocycles. The summed E-state index contributed by atoms with van der Waals surface area (Å²) in [4.78, 5) is 0. The summed E-state index contributed by atoms with van der Waals surface area (Å²) in [5.74, 6) is 0. The van der Waals surface area contributed by atoms with Crippen molar-refractivity contribution in [1.29, 1.82) is 0 Å². The molecule has 18 nitrogen and oxygen atoms in total. The number of aliphatic hydroxyl groups is 5. The van der Waals surface area contributed by atoms with Crippen LogP contribution in [0.15, 0.2) is 0 Å². The number of aliphatic hydroxyl groups excluding tert-OH is 5. The Morgan fingerprint density at radius 2 is 1.24 bits per heavy atom. The van der Waals surface area contributed by atoms with Gasteiger partial charge in [-0.15, -0.1) is 0 Å². The number of hydrogen-bond acceptors (Lipinski definition) is 16. The van der Waals surface area contributed by atoms with Gasteiger partial charge in [0.05, 0.1) is 30.9 Å². The topological polar surface area (TPSA) is 343 Å². The average molecular weight is 566 g/mol. The molecule has 0 aromatic rings. The Morgan fingerprint density at radius 3 is 1.73 bits per heavy atom. The van der Waals surface area contributed by atoms with Crippen molar-refractivity contribution in [1.82, 2.24) is 0 Å². The predicted octanol–water partition coefficient (Wildman–Crippen LogP) is -6.95. The fourth-order valence-electron chi connectivity index (χ4n) is 4.43. The first-order valence-corrected chi connectivity index (χ1v) is 12.9. The first kappa shape index (κ1) is 32.5. The number of rotatable bonds is 6. The lowest BCUT2D eigenvalue weighted by Crippen LogP contribution is -2.68. The first-order valence-electron chi connectivity index (χ1n) is 11.5. The summed E-state index contributed by atoms with van der Waals surface area (Å²) in [6.45, 7) is -0.499. The molecule has 0 aromatic carbocycles. The Bertz CT molecular complexity index is 805. The van der Waals surface area contributed by atoms with Gasteiger partial charge in [-0.25, -0.2) is 0 Å². The summed E-state index contributed by atoms with van der Waals surface area (Å²) >= 11 is 0. The summed E-state index contributed by atoms with van der Waals surface area (Å²) in [5, 5.41) is 50.7. The lowest BCUT2D eigenvalue weighted by Gasteiger charge is -2.47. The number of hydrogen-bond donors (Lipinski definition) is 12. The first-order chi connectivity index (χ1) is 17.1. The molecule has 37 heavy (non-hydrogen) atoms. The highest BCUT2D eigenvalue weighted by atomic mass is 32.3. The van der Waals surface area contributed by atoms with Crippen molar-refractivity contribution in [3.63, 3.8) is 0 Å². The van der Waals surface area contributed by atoms with Gasteiger partial charge in [-0.05, 0) is 12.8 Å². The second-order valence-corrected chi connectivity index (χ2v) is 10.1. The zero-order chi connectivity index (χ0) is 28.2. The molecule has 1 saturated carbocycles. The molecule has 2 heterocycles. The largest absolute Gasteiger partial charge is 0.394 e. The third-order valence-corrected chi connectivity index (χ3v) is 6.41. The van der Waals surface area contributed by atoms with Crippen LogP contribution < -0.4 is 28.7 Å². The molecule has 0 aromatic heterocycles. The van der Waals surface area contributed by atoms with Gasteiger partial charge in [-0.1, -0.05) is 0 Å². The van der Waals surface area contributed by atoms with Crippen LogP contribution in [0.5, 0.6) is 0 Å². The van der Waals surface area contributed by atoms with Crippen LogP contribution in [0.25, 0.3) is 0 Å². The van der Waals surface area contributed by atoms with Gasteiger partial charge in [-0.3, -0.25) is 9.11 Å².